The van der Waals surface area contributed by atoms with Gasteiger partial charge >= 0.3 is 11.9 Å². The highest BCUT2D eigenvalue weighted by atomic mass is 16.5. The van der Waals surface area contributed by atoms with E-state index in [2.05, 4.69) is 30.6 Å². The van der Waals surface area contributed by atoms with E-state index >= 15 is 0 Å². The third kappa shape index (κ3) is 6.19. The van der Waals surface area contributed by atoms with Gasteiger partial charge in [-0.1, -0.05) is 32.4 Å². The highest BCUT2D eigenvalue weighted by Gasteiger charge is 2.62. The fourth-order valence-electron chi connectivity index (χ4n) is 8.56. The highest BCUT2D eigenvalue weighted by molar-refractivity contribution is 5.74. The second kappa shape index (κ2) is 11.6. The smallest absolute Gasteiger partial charge is 0.306 e. The number of nitrogens with one attached hydrogen (secondary N) is 2. The molecular formula is C31H48N2O6. The van der Waals surface area contributed by atoms with Crippen molar-refractivity contribution < 1.29 is 28.7 Å². The zero-order valence-corrected chi connectivity index (χ0v) is 24.6. The number of carbonyl (C=O) groups excluding carboxylic acids is 4. The van der Waals surface area contributed by atoms with Crippen LogP contribution >= 0.6 is 0 Å². The normalized spacial score (nSPS) is 37.7. The maximum absolute atomic E-state index is 12.9. The molecule has 4 rings (SSSR count). The van der Waals surface area contributed by atoms with Crippen molar-refractivity contribution in [2.45, 2.75) is 118 Å². The van der Waals surface area contributed by atoms with Crippen LogP contribution in [0.1, 0.15) is 99.3 Å². The van der Waals surface area contributed by atoms with Gasteiger partial charge in [0.1, 0.15) is 12.2 Å². The van der Waals surface area contributed by atoms with Gasteiger partial charge in [-0.15, -0.1) is 0 Å². The van der Waals surface area contributed by atoms with Crippen LogP contribution in [0, 0.1) is 34.5 Å². The molecule has 218 valence electrons. The van der Waals surface area contributed by atoms with Crippen molar-refractivity contribution in [2.75, 3.05) is 6.54 Å². The van der Waals surface area contributed by atoms with Gasteiger partial charge < -0.3 is 20.1 Å². The summed E-state index contributed by atoms with van der Waals surface area (Å²) in [6.07, 6.45) is 9.56. The summed E-state index contributed by atoms with van der Waals surface area (Å²) in [5, 5.41) is 6.00. The van der Waals surface area contributed by atoms with Gasteiger partial charge in [0, 0.05) is 40.2 Å². The molecule has 39 heavy (non-hydrogen) atoms. The van der Waals surface area contributed by atoms with Crippen LogP contribution in [0.15, 0.2) is 11.6 Å². The van der Waals surface area contributed by atoms with Gasteiger partial charge in [0.15, 0.2) is 0 Å². The molecule has 2 amide bonds. The van der Waals surface area contributed by atoms with E-state index in [0.29, 0.717) is 37.1 Å². The van der Waals surface area contributed by atoms with Crippen LogP contribution in [0.2, 0.25) is 0 Å². The van der Waals surface area contributed by atoms with Gasteiger partial charge in [-0.25, -0.2) is 0 Å². The molecule has 8 nitrogen and oxygen atoms in total. The summed E-state index contributed by atoms with van der Waals surface area (Å²) in [5.74, 6) is 0.947. The molecule has 4 aliphatic rings. The summed E-state index contributed by atoms with van der Waals surface area (Å²) in [6.45, 7) is 11.8. The average Bonchev–Trinajstić information content (AvgIpc) is 3.12. The molecule has 3 fully saturated rings. The van der Waals surface area contributed by atoms with Gasteiger partial charge in [0.2, 0.25) is 11.8 Å². The molecule has 4 aliphatic carbocycles. The lowest BCUT2D eigenvalue weighted by Gasteiger charge is -2.57. The van der Waals surface area contributed by atoms with Crippen molar-refractivity contribution in [1.82, 2.24) is 10.6 Å². The third-order valence-corrected chi connectivity index (χ3v) is 10.6. The molecule has 3 saturated carbocycles. The molecule has 0 radical (unpaired) electrons. The summed E-state index contributed by atoms with van der Waals surface area (Å²) in [5.41, 5.74) is 1.41. The largest absolute Gasteiger partial charge is 0.462 e. The van der Waals surface area contributed by atoms with E-state index in [1.807, 2.05) is 6.92 Å². The molecule has 0 saturated heterocycles. The lowest BCUT2D eigenvalue weighted by molar-refractivity contribution is -0.151. The maximum atomic E-state index is 12.9. The van der Waals surface area contributed by atoms with E-state index in [0.717, 1.165) is 44.9 Å². The quantitative estimate of drug-likeness (QED) is 0.345. The van der Waals surface area contributed by atoms with Gasteiger partial charge in [0.05, 0.1) is 6.04 Å². The second-order valence-electron chi connectivity index (χ2n) is 13.3. The van der Waals surface area contributed by atoms with Crippen LogP contribution in [0.3, 0.4) is 0 Å². The number of carbonyl (C=O) groups is 4. The zero-order chi connectivity index (χ0) is 28.5. The number of hydrogen-bond acceptors (Lipinski definition) is 6. The first-order valence-electron chi connectivity index (χ1n) is 14.9. The fourth-order valence-corrected chi connectivity index (χ4v) is 8.56. The Hall–Kier alpha value is -2.38. The average molecular weight is 545 g/mol. The van der Waals surface area contributed by atoms with Crippen molar-refractivity contribution in [3.05, 3.63) is 11.6 Å². The van der Waals surface area contributed by atoms with E-state index in [1.54, 1.807) is 6.92 Å². The van der Waals surface area contributed by atoms with E-state index in [9.17, 15) is 19.2 Å². The van der Waals surface area contributed by atoms with E-state index in [1.165, 1.54) is 19.4 Å². The van der Waals surface area contributed by atoms with Gasteiger partial charge in [0.25, 0.3) is 0 Å². The Morgan fingerprint density at radius 1 is 1.03 bits per heavy atom. The SMILES string of the molecule is CC(=O)NC[C@@H](C)CCC(=O)O[C@H]1C[C@H]2[C@@H]3CC=C4C[C@H](OC(C)=O)CC[C@]4(C)[C@H]3CC[C@]2(C)[C@H]1NC(C)=O. The molecule has 0 spiro atoms. The number of rotatable bonds is 8. The topological polar surface area (TPSA) is 111 Å². The summed E-state index contributed by atoms with van der Waals surface area (Å²) in [7, 11) is 0. The molecule has 0 aliphatic heterocycles. The molecule has 0 bridgehead atoms. The summed E-state index contributed by atoms with van der Waals surface area (Å²) >= 11 is 0. The van der Waals surface area contributed by atoms with Crippen LogP contribution in [0.5, 0.6) is 0 Å². The molecule has 0 heterocycles. The Balaban J connectivity index is 1.47. The van der Waals surface area contributed by atoms with Gasteiger partial charge in [-0.2, -0.15) is 0 Å². The highest BCUT2D eigenvalue weighted by Crippen LogP contribution is 2.65. The van der Waals surface area contributed by atoms with Crippen molar-refractivity contribution in [3.63, 3.8) is 0 Å². The number of allylic oxidation sites excluding steroid dienone is 1. The van der Waals surface area contributed by atoms with Crippen LogP contribution in [-0.4, -0.2) is 48.5 Å². The Kier molecular flexibility index (Phi) is 8.82. The van der Waals surface area contributed by atoms with Crippen molar-refractivity contribution in [1.29, 1.82) is 0 Å². The van der Waals surface area contributed by atoms with Crippen molar-refractivity contribution in [3.8, 4) is 0 Å². The predicted octanol–water partition coefficient (Wildman–Crippen LogP) is 4.46. The number of esters is 2. The first kappa shape index (κ1) is 29.6. The molecule has 0 aromatic heterocycles. The molecule has 0 unspecified atom stereocenters. The minimum Gasteiger partial charge on any atom is -0.462 e. The number of ether oxygens (including phenoxy) is 2. The second-order valence-corrected chi connectivity index (χ2v) is 13.3. The molecule has 8 heteroatoms. The Morgan fingerprint density at radius 3 is 2.44 bits per heavy atom. The Morgan fingerprint density at radius 2 is 1.77 bits per heavy atom. The monoisotopic (exact) mass is 544 g/mol. The standard InChI is InChI=1S/C31H48N2O6/c1-18(17-32-19(2)34)7-10-28(37)39-27-16-26-24-9-8-22-15-23(38-21(4)36)11-13-30(22,5)25(24)12-14-31(26,6)29(27)33-20(3)35/h8,18,23-27,29H,7,9-17H2,1-6H3,(H,32,34)(H,33,35)/t18-,23+,24+,25-,26-,27-,29-,30-,31-/m0/s1. The van der Waals surface area contributed by atoms with Crippen molar-refractivity contribution in [2.24, 2.45) is 34.5 Å². The summed E-state index contributed by atoms with van der Waals surface area (Å²) in [6, 6.07) is -0.195. The summed E-state index contributed by atoms with van der Waals surface area (Å²) < 4.78 is 11.7. The van der Waals surface area contributed by atoms with E-state index in [4.69, 9.17) is 9.47 Å². The van der Waals surface area contributed by atoms with Crippen LogP contribution in [0.25, 0.3) is 0 Å². The van der Waals surface area contributed by atoms with E-state index in [-0.39, 0.29) is 58.8 Å². The molecule has 0 aromatic carbocycles. The number of amides is 2. The fraction of sp³-hybridized carbons (Fsp3) is 0.806. The first-order chi connectivity index (χ1) is 18.3. The Bertz CT molecular complexity index is 1010. The third-order valence-electron chi connectivity index (χ3n) is 10.6. The first-order valence-corrected chi connectivity index (χ1v) is 14.9. The van der Waals surface area contributed by atoms with Crippen LogP contribution in [-0.2, 0) is 28.7 Å². The number of hydrogen-bond donors (Lipinski definition) is 2. The van der Waals surface area contributed by atoms with Crippen molar-refractivity contribution >= 4 is 23.8 Å². The minimum absolute atomic E-state index is 0.0207. The number of fused-ring (bicyclic) bond motifs is 5. The van der Waals surface area contributed by atoms with Gasteiger partial charge in [-0.05, 0) is 79.4 Å². The van der Waals surface area contributed by atoms with E-state index < -0.39 is 0 Å². The predicted molar refractivity (Wildman–Crippen MR) is 147 cm³/mol. The maximum Gasteiger partial charge on any atom is 0.306 e. The molecule has 0 aromatic rings. The zero-order valence-electron chi connectivity index (χ0n) is 24.6. The van der Waals surface area contributed by atoms with Gasteiger partial charge in [-0.3, -0.25) is 19.2 Å². The molecule has 2 N–H and O–H groups in total. The van der Waals surface area contributed by atoms with Crippen LogP contribution < -0.4 is 10.6 Å². The lowest BCUT2D eigenvalue weighted by atomic mass is 9.48. The lowest BCUT2D eigenvalue weighted by Crippen LogP contribution is -2.55. The molecular weight excluding hydrogens is 496 g/mol. The van der Waals surface area contributed by atoms with Crippen LogP contribution in [0.4, 0.5) is 0 Å². The molecule has 9 atom stereocenters. The summed E-state index contributed by atoms with van der Waals surface area (Å²) in [4.78, 5) is 48.0. The minimum atomic E-state index is -0.335. The Labute approximate surface area is 233 Å².